The molecule has 0 aliphatic carbocycles. The normalized spacial score (nSPS) is 22.1. The lowest BCUT2D eigenvalue weighted by molar-refractivity contribution is 0.0648. The molecule has 0 aromatic heterocycles. The van der Waals surface area contributed by atoms with E-state index in [-0.39, 0.29) is 0 Å². The quantitative estimate of drug-likeness (QED) is 0.863. The average Bonchev–Trinajstić information content (AvgIpc) is 2.40. The van der Waals surface area contributed by atoms with E-state index in [0.717, 1.165) is 19.8 Å². The third-order valence-electron chi connectivity index (χ3n) is 3.35. The van der Waals surface area contributed by atoms with Crippen molar-refractivity contribution >= 4 is 0 Å². The van der Waals surface area contributed by atoms with Gasteiger partial charge >= 0.3 is 0 Å². The molecule has 2 rings (SSSR count). The fraction of sp³-hybridized carbons (Fsp3) is 0.600. The van der Waals surface area contributed by atoms with Crippen LogP contribution in [0.4, 0.5) is 0 Å². The summed E-state index contributed by atoms with van der Waals surface area (Å²) in [5.41, 5.74) is 1.36. The van der Waals surface area contributed by atoms with Gasteiger partial charge in [-0.25, -0.2) is 0 Å². The number of nitrogens with zero attached hydrogens (tertiary/aromatic N) is 1. The molecule has 1 aliphatic heterocycles. The van der Waals surface area contributed by atoms with Crippen LogP contribution in [0.25, 0.3) is 0 Å². The first kappa shape index (κ1) is 13.5. The first-order chi connectivity index (χ1) is 8.75. The summed E-state index contributed by atoms with van der Waals surface area (Å²) in [5, 5.41) is 3.74. The van der Waals surface area contributed by atoms with E-state index >= 15 is 0 Å². The van der Waals surface area contributed by atoms with Crippen molar-refractivity contribution < 1.29 is 4.74 Å². The average molecular weight is 248 g/mol. The molecule has 1 aliphatic rings. The molecule has 1 saturated heterocycles. The standard InChI is InChI=1S/C15H24N2O/c1-17(2)11-15(13-7-4-3-5-8-13)16-14-9-6-10-18-12-14/h3-5,7-8,14-16H,6,9-12H2,1-2H3. The third-order valence-corrected chi connectivity index (χ3v) is 3.35. The lowest BCUT2D eigenvalue weighted by Crippen LogP contribution is -2.42. The first-order valence-electron chi connectivity index (χ1n) is 6.79. The smallest absolute Gasteiger partial charge is 0.0619 e. The van der Waals surface area contributed by atoms with Crippen LogP contribution in [0.15, 0.2) is 30.3 Å². The molecule has 0 radical (unpaired) electrons. The van der Waals surface area contributed by atoms with Gasteiger partial charge in [-0.1, -0.05) is 30.3 Å². The van der Waals surface area contributed by atoms with Crippen LogP contribution < -0.4 is 5.32 Å². The molecule has 1 fully saturated rings. The molecule has 1 aromatic rings. The summed E-state index contributed by atoms with van der Waals surface area (Å²) >= 11 is 0. The minimum atomic E-state index is 0.382. The Kier molecular flexibility index (Phi) is 5.17. The summed E-state index contributed by atoms with van der Waals surface area (Å²) in [6, 6.07) is 11.6. The van der Waals surface area contributed by atoms with Crippen LogP contribution in [0.5, 0.6) is 0 Å². The molecule has 0 bridgehead atoms. The van der Waals surface area contributed by atoms with Crippen molar-refractivity contribution in [2.75, 3.05) is 33.9 Å². The van der Waals surface area contributed by atoms with Gasteiger partial charge in [0.1, 0.15) is 0 Å². The Morgan fingerprint density at radius 2 is 2.11 bits per heavy atom. The Balaban J connectivity index is 2.00. The Morgan fingerprint density at radius 1 is 1.33 bits per heavy atom. The van der Waals surface area contributed by atoms with Crippen molar-refractivity contribution in [3.63, 3.8) is 0 Å². The number of likely N-dealkylation sites (N-methyl/N-ethyl adjacent to an activating group) is 1. The minimum absolute atomic E-state index is 0.382. The molecule has 18 heavy (non-hydrogen) atoms. The van der Waals surface area contributed by atoms with Crippen molar-refractivity contribution in [2.45, 2.75) is 24.9 Å². The van der Waals surface area contributed by atoms with Crippen LogP contribution in [-0.4, -0.2) is 44.8 Å². The van der Waals surface area contributed by atoms with Crippen LogP contribution in [0.1, 0.15) is 24.4 Å². The lowest BCUT2D eigenvalue weighted by atomic mass is 10.0. The van der Waals surface area contributed by atoms with Gasteiger partial charge in [-0.2, -0.15) is 0 Å². The topological polar surface area (TPSA) is 24.5 Å². The summed E-state index contributed by atoms with van der Waals surface area (Å²) in [7, 11) is 4.24. The number of hydrogen-bond acceptors (Lipinski definition) is 3. The van der Waals surface area contributed by atoms with Gasteiger partial charge in [-0.3, -0.25) is 0 Å². The van der Waals surface area contributed by atoms with Crippen molar-refractivity contribution in [2.24, 2.45) is 0 Å². The van der Waals surface area contributed by atoms with E-state index in [4.69, 9.17) is 4.74 Å². The SMILES string of the molecule is CN(C)CC(NC1CCCOC1)c1ccccc1. The maximum Gasteiger partial charge on any atom is 0.0619 e. The fourth-order valence-electron chi connectivity index (χ4n) is 2.46. The summed E-state index contributed by atoms with van der Waals surface area (Å²) in [5.74, 6) is 0. The molecular weight excluding hydrogens is 224 g/mol. The van der Waals surface area contributed by atoms with Gasteiger partial charge in [-0.15, -0.1) is 0 Å². The van der Waals surface area contributed by atoms with E-state index in [1.807, 2.05) is 0 Å². The number of nitrogens with one attached hydrogen (secondary N) is 1. The van der Waals surface area contributed by atoms with Gasteiger partial charge in [0.25, 0.3) is 0 Å². The minimum Gasteiger partial charge on any atom is -0.380 e. The molecule has 0 saturated carbocycles. The highest BCUT2D eigenvalue weighted by Crippen LogP contribution is 2.17. The fourth-order valence-corrected chi connectivity index (χ4v) is 2.46. The highest BCUT2D eigenvalue weighted by molar-refractivity contribution is 5.19. The molecule has 2 unspecified atom stereocenters. The third kappa shape index (κ3) is 4.09. The zero-order valence-electron chi connectivity index (χ0n) is 11.4. The van der Waals surface area contributed by atoms with Crippen LogP contribution >= 0.6 is 0 Å². The second-order valence-corrected chi connectivity index (χ2v) is 5.31. The molecule has 0 spiro atoms. The number of hydrogen-bond donors (Lipinski definition) is 1. The Labute approximate surface area is 110 Å². The largest absolute Gasteiger partial charge is 0.380 e. The molecule has 1 aromatic carbocycles. The molecule has 1 N–H and O–H groups in total. The predicted octanol–water partition coefficient (Wildman–Crippen LogP) is 2.06. The first-order valence-corrected chi connectivity index (χ1v) is 6.79. The lowest BCUT2D eigenvalue weighted by Gasteiger charge is -2.30. The second-order valence-electron chi connectivity index (χ2n) is 5.31. The van der Waals surface area contributed by atoms with Gasteiger partial charge in [0.15, 0.2) is 0 Å². The molecule has 3 heteroatoms. The van der Waals surface area contributed by atoms with Gasteiger partial charge < -0.3 is 15.0 Å². The van der Waals surface area contributed by atoms with Gasteiger partial charge in [0.2, 0.25) is 0 Å². The molecule has 3 nitrogen and oxygen atoms in total. The van der Waals surface area contributed by atoms with Crippen molar-refractivity contribution in [3.8, 4) is 0 Å². The number of rotatable bonds is 5. The molecule has 100 valence electrons. The van der Waals surface area contributed by atoms with Crippen molar-refractivity contribution in [1.29, 1.82) is 0 Å². The maximum absolute atomic E-state index is 5.55. The summed E-state index contributed by atoms with van der Waals surface area (Å²) in [4.78, 5) is 2.23. The summed E-state index contributed by atoms with van der Waals surface area (Å²) in [6.45, 7) is 2.78. The van der Waals surface area contributed by atoms with Crippen LogP contribution in [0.3, 0.4) is 0 Å². The van der Waals surface area contributed by atoms with E-state index in [1.165, 1.54) is 18.4 Å². The predicted molar refractivity (Wildman–Crippen MR) is 74.7 cm³/mol. The van der Waals surface area contributed by atoms with E-state index in [2.05, 4.69) is 54.6 Å². The van der Waals surface area contributed by atoms with Crippen molar-refractivity contribution in [1.82, 2.24) is 10.2 Å². The zero-order chi connectivity index (χ0) is 12.8. The van der Waals surface area contributed by atoms with Gasteiger partial charge in [0.05, 0.1) is 6.61 Å². The monoisotopic (exact) mass is 248 g/mol. The van der Waals surface area contributed by atoms with Crippen LogP contribution in [-0.2, 0) is 4.74 Å². The molecule has 0 amide bonds. The van der Waals surface area contributed by atoms with Gasteiger partial charge in [0, 0.05) is 25.2 Å². The van der Waals surface area contributed by atoms with Crippen LogP contribution in [0.2, 0.25) is 0 Å². The molecule has 1 heterocycles. The van der Waals surface area contributed by atoms with Crippen LogP contribution in [0, 0.1) is 0 Å². The molecular formula is C15H24N2O. The van der Waals surface area contributed by atoms with Crippen molar-refractivity contribution in [3.05, 3.63) is 35.9 Å². The van der Waals surface area contributed by atoms with E-state index < -0.39 is 0 Å². The maximum atomic E-state index is 5.55. The second kappa shape index (κ2) is 6.88. The Morgan fingerprint density at radius 3 is 2.72 bits per heavy atom. The van der Waals surface area contributed by atoms with E-state index in [9.17, 15) is 0 Å². The summed E-state index contributed by atoms with van der Waals surface area (Å²) in [6.07, 6.45) is 2.39. The Hall–Kier alpha value is -0.900. The zero-order valence-corrected chi connectivity index (χ0v) is 11.4. The van der Waals surface area contributed by atoms with E-state index in [1.54, 1.807) is 0 Å². The van der Waals surface area contributed by atoms with E-state index in [0.29, 0.717) is 12.1 Å². The number of ether oxygens (including phenoxy) is 1. The van der Waals surface area contributed by atoms with Gasteiger partial charge in [-0.05, 0) is 32.5 Å². The highest BCUT2D eigenvalue weighted by Gasteiger charge is 2.19. The highest BCUT2D eigenvalue weighted by atomic mass is 16.5. The number of benzene rings is 1. The molecule has 2 atom stereocenters. The summed E-state index contributed by atoms with van der Waals surface area (Å²) < 4.78 is 5.55. The Bertz CT molecular complexity index is 334.